The summed E-state index contributed by atoms with van der Waals surface area (Å²) in [4.78, 5) is 14.9. The molecular formula is C18H15NO4. The molecule has 116 valence electrons. The minimum Gasteiger partial charge on any atom is -0.491 e. The normalized spacial score (nSPS) is 29.4. The lowest BCUT2D eigenvalue weighted by Gasteiger charge is -2.21. The molecule has 2 unspecified atom stereocenters. The SMILES string of the molecule is CN1C(=O)C2(COc3cc4c(cc32)OCO4)C2=CC=CC=CC21. The van der Waals surface area contributed by atoms with E-state index in [2.05, 4.69) is 0 Å². The number of carbonyl (C=O) groups is 1. The Hall–Kier alpha value is -2.69. The molecule has 1 saturated heterocycles. The zero-order valence-corrected chi connectivity index (χ0v) is 12.6. The van der Waals surface area contributed by atoms with Gasteiger partial charge in [0.1, 0.15) is 17.8 Å². The van der Waals surface area contributed by atoms with Crippen LogP contribution < -0.4 is 14.2 Å². The predicted molar refractivity (Wildman–Crippen MR) is 82.7 cm³/mol. The maximum absolute atomic E-state index is 13.1. The summed E-state index contributed by atoms with van der Waals surface area (Å²) in [5.74, 6) is 2.11. The lowest BCUT2D eigenvalue weighted by atomic mass is 9.75. The van der Waals surface area contributed by atoms with Crippen molar-refractivity contribution < 1.29 is 19.0 Å². The molecule has 5 rings (SSSR count). The highest BCUT2D eigenvalue weighted by molar-refractivity contribution is 5.98. The quantitative estimate of drug-likeness (QED) is 0.735. The van der Waals surface area contributed by atoms with Crippen LogP contribution in [-0.4, -0.2) is 37.3 Å². The van der Waals surface area contributed by atoms with Crippen LogP contribution >= 0.6 is 0 Å². The van der Waals surface area contributed by atoms with Gasteiger partial charge in [-0.05, 0) is 11.6 Å². The van der Waals surface area contributed by atoms with Gasteiger partial charge in [-0.1, -0.05) is 30.4 Å². The van der Waals surface area contributed by atoms with E-state index in [4.69, 9.17) is 14.2 Å². The van der Waals surface area contributed by atoms with Crippen LogP contribution in [-0.2, 0) is 10.2 Å². The van der Waals surface area contributed by atoms with Crippen LogP contribution in [0.4, 0.5) is 0 Å². The Bertz CT molecular complexity index is 823. The van der Waals surface area contributed by atoms with E-state index in [0.717, 1.165) is 11.1 Å². The van der Waals surface area contributed by atoms with E-state index in [1.54, 1.807) is 4.90 Å². The van der Waals surface area contributed by atoms with Crippen LogP contribution in [0.25, 0.3) is 0 Å². The summed E-state index contributed by atoms with van der Waals surface area (Å²) in [5.41, 5.74) is 1.15. The molecule has 5 heteroatoms. The number of amides is 1. The van der Waals surface area contributed by atoms with Gasteiger partial charge in [-0.2, -0.15) is 0 Å². The zero-order valence-electron chi connectivity index (χ0n) is 12.6. The third-order valence-electron chi connectivity index (χ3n) is 5.08. The largest absolute Gasteiger partial charge is 0.491 e. The number of hydrogen-bond donors (Lipinski definition) is 0. The first-order valence-corrected chi connectivity index (χ1v) is 7.61. The summed E-state index contributed by atoms with van der Waals surface area (Å²) < 4.78 is 16.8. The fourth-order valence-corrected chi connectivity index (χ4v) is 3.93. The van der Waals surface area contributed by atoms with E-state index in [0.29, 0.717) is 23.9 Å². The van der Waals surface area contributed by atoms with Gasteiger partial charge in [-0.25, -0.2) is 0 Å². The molecule has 1 aromatic rings. The average Bonchev–Trinajstić information content (AvgIpc) is 3.14. The van der Waals surface area contributed by atoms with E-state index >= 15 is 0 Å². The fraction of sp³-hybridized carbons (Fsp3) is 0.278. The molecule has 0 radical (unpaired) electrons. The smallest absolute Gasteiger partial charge is 0.241 e. The first-order chi connectivity index (χ1) is 11.2. The minimum atomic E-state index is -0.769. The highest BCUT2D eigenvalue weighted by Gasteiger charge is 2.59. The zero-order chi connectivity index (χ0) is 15.6. The third kappa shape index (κ3) is 1.44. The van der Waals surface area contributed by atoms with Crippen LogP contribution in [0.1, 0.15) is 5.56 Å². The van der Waals surface area contributed by atoms with Gasteiger partial charge in [0.2, 0.25) is 12.7 Å². The molecule has 0 aromatic heterocycles. The number of benzene rings is 1. The molecule has 23 heavy (non-hydrogen) atoms. The number of hydrogen-bond acceptors (Lipinski definition) is 4. The summed E-state index contributed by atoms with van der Waals surface area (Å²) in [6.07, 6.45) is 10.0. The summed E-state index contributed by atoms with van der Waals surface area (Å²) in [5, 5.41) is 0. The molecule has 0 saturated carbocycles. The van der Waals surface area contributed by atoms with Gasteiger partial charge in [-0.15, -0.1) is 0 Å². The van der Waals surface area contributed by atoms with Crippen LogP contribution in [0.15, 0.2) is 48.1 Å². The van der Waals surface area contributed by atoms with Crippen molar-refractivity contribution in [1.82, 2.24) is 4.90 Å². The molecule has 1 aliphatic carbocycles. The Morgan fingerprint density at radius 3 is 2.78 bits per heavy atom. The second kappa shape index (κ2) is 4.19. The van der Waals surface area contributed by atoms with Crippen molar-refractivity contribution in [2.45, 2.75) is 11.5 Å². The first-order valence-electron chi connectivity index (χ1n) is 7.61. The molecule has 2 atom stereocenters. The summed E-state index contributed by atoms with van der Waals surface area (Å²) in [6, 6.07) is 3.69. The molecular weight excluding hydrogens is 294 g/mol. The number of allylic oxidation sites excluding steroid dienone is 4. The van der Waals surface area contributed by atoms with Crippen molar-refractivity contribution in [1.29, 1.82) is 0 Å². The highest BCUT2D eigenvalue weighted by Crippen LogP contribution is 2.54. The molecule has 0 N–H and O–H groups in total. The van der Waals surface area contributed by atoms with Crippen molar-refractivity contribution >= 4 is 5.91 Å². The predicted octanol–water partition coefficient (Wildman–Crippen LogP) is 1.94. The van der Waals surface area contributed by atoms with Crippen LogP contribution in [0.2, 0.25) is 0 Å². The van der Waals surface area contributed by atoms with Crippen LogP contribution in [0.5, 0.6) is 17.2 Å². The van der Waals surface area contributed by atoms with Crippen molar-refractivity contribution in [3.8, 4) is 17.2 Å². The number of carbonyl (C=O) groups excluding carboxylic acids is 1. The average molecular weight is 309 g/mol. The third-order valence-corrected chi connectivity index (χ3v) is 5.08. The Kier molecular flexibility index (Phi) is 2.33. The molecule has 3 aliphatic heterocycles. The van der Waals surface area contributed by atoms with Gasteiger partial charge < -0.3 is 19.1 Å². The first kappa shape index (κ1) is 12.8. The number of rotatable bonds is 0. The Morgan fingerprint density at radius 1 is 1.09 bits per heavy atom. The van der Waals surface area contributed by atoms with E-state index in [1.807, 2.05) is 49.6 Å². The molecule has 5 nitrogen and oxygen atoms in total. The Labute approximate surface area is 133 Å². The lowest BCUT2D eigenvalue weighted by molar-refractivity contribution is -0.131. The maximum Gasteiger partial charge on any atom is 0.241 e. The van der Waals surface area contributed by atoms with Gasteiger partial charge in [0.05, 0.1) is 6.04 Å². The van der Waals surface area contributed by atoms with E-state index in [1.165, 1.54) is 0 Å². The van der Waals surface area contributed by atoms with Crippen molar-refractivity contribution in [3.05, 3.63) is 53.6 Å². The van der Waals surface area contributed by atoms with Gasteiger partial charge >= 0.3 is 0 Å². The molecule has 1 fully saturated rings. The summed E-state index contributed by atoms with van der Waals surface area (Å²) >= 11 is 0. The van der Waals surface area contributed by atoms with E-state index < -0.39 is 5.41 Å². The monoisotopic (exact) mass is 309 g/mol. The molecule has 0 bridgehead atoms. The van der Waals surface area contributed by atoms with Crippen molar-refractivity contribution in [3.63, 3.8) is 0 Å². The maximum atomic E-state index is 13.1. The molecule has 3 heterocycles. The number of ether oxygens (including phenoxy) is 3. The number of fused-ring (bicyclic) bond motifs is 5. The van der Waals surface area contributed by atoms with Crippen LogP contribution in [0.3, 0.4) is 0 Å². The number of nitrogens with zero attached hydrogens (tertiary/aromatic N) is 1. The van der Waals surface area contributed by atoms with Crippen molar-refractivity contribution in [2.75, 3.05) is 20.4 Å². The molecule has 1 aromatic carbocycles. The summed E-state index contributed by atoms with van der Waals surface area (Å²) in [7, 11) is 1.84. The van der Waals surface area contributed by atoms with Gasteiger partial charge in [-0.3, -0.25) is 4.79 Å². The second-order valence-electron chi connectivity index (χ2n) is 6.15. The standard InChI is InChI=1S/C18H15NO4/c1-19-13-6-4-2-3-5-11(13)18(17(19)20)9-21-14-8-16-15(7-12(14)18)22-10-23-16/h2-8,13H,9-10H2,1H3. The van der Waals surface area contributed by atoms with Gasteiger partial charge in [0.15, 0.2) is 11.5 Å². The van der Waals surface area contributed by atoms with Crippen LogP contribution in [0, 0.1) is 0 Å². The molecule has 4 aliphatic rings. The second-order valence-corrected chi connectivity index (χ2v) is 6.15. The minimum absolute atomic E-state index is 0.0440. The molecule has 1 amide bonds. The number of likely N-dealkylation sites (N-methyl/N-ethyl adjacent to an activating group) is 1. The molecule has 1 spiro atoms. The number of likely N-dealkylation sites (tertiary alicyclic amines) is 1. The topological polar surface area (TPSA) is 48.0 Å². The highest BCUT2D eigenvalue weighted by atomic mass is 16.7. The van der Waals surface area contributed by atoms with Gasteiger partial charge in [0.25, 0.3) is 0 Å². The Morgan fingerprint density at radius 2 is 1.91 bits per heavy atom. The van der Waals surface area contributed by atoms with Gasteiger partial charge in [0, 0.05) is 18.7 Å². The lowest BCUT2D eigenvalue weighted by Crippen LogP contribution is -2.38. The van der Waals surface area contributed by atoms with E-state index in [-0.39, 0.29) is 18.7 Å². The fourth-order valence-electron chi connectivity index (χ4n) is 3.93. The Balaban J connectivity index is 1.75. The van der Waals surface area contributed by atoms with Crippen molar-refractivity contribution in [2.24, 2.45) is 0 Å². The summed E-state index contributed by atoms with van der Waals surface area (Å²) in [6.45, 7) is 0.522. The van der Waals surface area contributed by atoms with E-state index in [9.17, 15) is 4.79 Å².